The minimum Gasteiger partial charge on any atom is -0.396 e. The van der Waals surface area contributed by atoms with Crippen LogP contribution in [0.3, 0.4) is 0 Å². The van der Waals surface area contributed by atoms with Gasteiger partial charge in [-0.3, -0.25) is 4.90 Å². The summed E-state index contributed by atoms with van der Waals surface area (Å²) in [5, 5.41) is 9.12. The monoisotopic (exact) mass is 239 g/mol. The Bertz CT molecular complexity index is 231. The Morgan fingerprint density at radius 2 is 1.76 bits per heavy atom. The van der Waals surface area contributed by atoms with Crippen LogP contribution in [-0.4, -0.2) is 34.7 Å². The van der Waals surface area contributed by atoms with Crippen LogP contribution < -0.4 is 0 Å². The first kappa shape index (κ1) is 13.4. The Hall–Kier alpha value is -0.0800. The van der Waals surface area contributed by atoms with Crippen LogP contribution >= 0.6 is 0 Å². The van der Waals surface area contributed by atoms with E-state index in [1.54, 1.807) is 0 Å². The van der Waals surface area contributed by atoms with Crippen molar-refractivity contribution in [2.75, 3.05) is 13.2 Å². The van der Waals surface area contributed by atoms with Gasteiger partial charge in [0.15, 0.2) is 0 Å². The molecule has 0 aromatic rings. The first-order valence-corrected chi connectivity index (χ1v) is 7.51. The first-order valence-electron chi connectivity index (χ1n) is 7.51. The van der Waals surface area contributed by atoms with Gasteiger partial charge in [0.25, 0.3) is 0 Å². The van der Waals surface area contributed by atoms with Crippen molar-refractivity contribution in [2.45, 2.75) is 76.8 Å². The van der Waals surface area contributed by atoms with Gasteiger partial charge < -0.3 is 5.11 Å². The molecule has 2 heteroatoms. The van der Waals surface area contributed by atoms with E-state index in [2.05, 4.69) is 18.7 Å². The number of nitrogens with zero attached hydrogens (tertiary/aromatic N) is 1. The van der Waals surface area contributed by atoms with Gasteiger partial charge in [-0.1, -0.05) is 25.7 Å². The zero-order valence-electron chi connectivity index (χ0n) is 11.6. The molecule has 17 heavy (non-hydrogen) atoms. The molecular formula is C15H29NO. The van der Waals surface area contributed by atoms with Crippen molar-refractivity contribution in [1.29, 1.82) is 0 Å². The van der Waals surface area contributed by atoms with Crippen molar-refractivity contribution in [1.82, 2.24) is 4.90 Å². The van der Waals surface area contributed by atoms with Crippen LogP contribution in [0.1, 0.15) is 65.2 Å². The Kier molecular flexibility index (Phi) is 4.48. The number of hydrogen-bond acceptors (Lipinski definition) is 2. The molecule has 0 bridgehead atoms. The highest BCUT2D eigenvalue weighted by molar-refractivity contribution is 4.96. The van der Waals surface area contributed by atoms with Crippen molar-refractivity contribution >= 4 is 0 Å². The summed E-state index contributed by atoms with van der Waals surface area (Å²) in [5.41, 5.74) is 0.356. The van der Waals surface area contributed by atoms with Gasteiger partial charge in [-0.05, 0) is 45.4 Å². The molecule has 0 radical (unpaired) electrons. The summed E-state index contributed by atoms with van der Waals surface area (Å²) in [4.78, 5) is 2.76. The number of likely N-dealkylation sites (tertiary alicyclic amines) is 1. The van der Waals surface area contributed by atoms with E-state index in [0.717, 1.165) is 18.4 Å². The fourth-order valence-corrected chi connectivity index (χ4v) is 4.00. The van der Waals surface area contributed by atoms with Gasteiger partial charge in [-0.25, -0.2) is 0 Å². The molecule has 0 aromatic heterocycles. The highest BCUT2D eigenvalue weighted by atomic mass is 16.3. The molecule has 1 aliphatic carbocycles. The predicted octanol–water partition coefficient (Wildman–Crippen LogP) is 3.19. The lowest BCUT2D eigenvalue weighted by Gasteiger charge is -2.38. The number of aliphatic hydroxyl groups is 1. The maximum absolute atomic E-state index is 9.12. The van der Waals surface area contributed by atoms with Crippen LogP contribution in [0.5, 0.6) is 0 Å². The largest absolute Gasteiger partial charge is 0.396 e. The van der Waals surface area contributed by atoms with Gasteiger partial charge in [0, 0.05) is 24.7 Å². The summed E-state index contributed by atoms with van der Waals surface area (Å²) in [6.07, 6.45) is 10.8. The molecule has 1 atom stereocenters. The van der Waals surface area contributed by atoms with Gasteiger partial charge >= 0.3 is 0 Å². The molecule has 1 saturated heterocycles. The van der Waals surface area contributed by atoms with Crippen molar-refractivity contribution in [3.8, 4) is 0 Å². The number of rotatable bonds is 3. The van der Waals surface area contributed by atoms with Gasteiger partial charge in [-0.15, -0.1) is 0 Å². The lowest BCUT2D eigenvalue weighted by molar-refractivity contribution is 0.103. The van der Waals surface area contributed by atoms with Crippen LogP contribution in [-0.2, 0) is 0 Å². The van der Waals surface area contributed by atoms with Crippen LogP contribution in [0.25, 0.3) is 0 Å². The average Bonchev–Trinajstić information content (AvgIpc) is 2.48. The van der Waals surface area contributed by atoms with Gasteiger partial charge in [0.05, 0.1) is 0 Å². The molecule has 2 rings (SSSR count). The van der Waals surface area contributed by atoms with Gasteiger partial charge in [0.1, 0.15) is 0 Å². The molecule has 2 fully saturated rings. The van der Waals surface area contributed by atoms with Gasteiger partial charge in [-0.2, -0.15) is 0 Å². The fraction of sp³-hybridized carbons (Fsp3) is 1.00. The summed E-state index contributed by atoms with van der Waals surface area (Å²) in [6.45, 7) is 6.38. The second-order valence-corrected chi connectivity index (χ2v) is 6.69. The Morgan fingerprint density at radius 1 is 1.12 bits per heavy atom. The van der Waals surface area contributed by atoms with Gasteiger partial charge in [0.2, 0.25) is 0 Å². The lowest BCUT2D eigenvalue weighted by atomic mass is 9.93. The third-order valence-corrected chi connectivity index (χ3v) is 4.82. The SMILES string of the molecule is CC1(C)CC(CCO)CN1C1CCCCCC1. The molecule has 0 amide bonds. The summed E-state index contributed by atoms with van der Waals surface area (Å²) >= 11 is 0. The highest BCUT2D eigenvalue weighted by Crippen LogP contribution is 2.38. The zero-order valence-corrected chi connectivity index (χ0v) is 11.6. The van der Waals surface area contributed by atoms with Crippen molar-refractivity contribution in [2.24, 2.45) is 5.92 Å². The number of hydrogen-bond donors (Lipinski definition) is 1. The van der Waals surface area contributed by atoms with Crippen LogP contribution in [0.2, 0.25) is 0 Å². The summed E-state index contributed by atoms with van der Waals surface area (Å²) in [7, 11) is 0. The maximum atomic E-state index is 9.12. The second kappa shape index (κ2) is 5.71. The van der Waals surface area contributed by atoms with Crippen molar-refractivity contribution in [3.63, 3.8) is 0 Å². The molecule has 2 aliphatic rings. The highest BCUT2D eigenvalue weighted by Gasteiger charge is 2.41. The topological polar surface area (TPSA) is 23.5 Å². The maximum Gasteiger partial charge on any atom is 0.0434 e. The third-order valence-electron chi connectivity index (χ3n) is 4.82. The second-order valence-electron chi connectivity index (χ2n) is 6.69. The standard InChI is InChI=1S/C15H29NO/c1-15(2)11-13(9-10-17)12-16(15)14-7-5-3-4-6-8-14/h13-14,17H,3-12H2,1-2H3. The zero-order chi connectivity index (χ0) is 12.3. The first-order chi connectivity index (χ1) is 8.13. The molecule has 1 heterocycles. The number of aliphatic hydroxyl groups excluding tert-OH is 1. The average molecular weight is 239 g/mol. The van der Waals surface area contributed by atoms with E-state index in [-0.39, 0.29) is 0 Å². The van der Waals surface area contributed by atoms with E-state index in [0.29, 0.717) is 12.1 Å². The van der Waals surface area contributed by atoms with E-state index < -0.39 is 0 Å². The molecule has 100 valence electrons. The Labute approximate surface area is 106 Å². The predicted molar refractivity (Wildman–Crippen MR) is 72.1 cm³/mol. The lowest BCUT2D eigenvalue weighted by Crippen LogP contribution is -2.45. The Morgan fingerprint density at radius 3 is 2.35 bits per heavy atom. The summed E-state index contributed by atoms with van der Waals surface area (Å²) in [5.74, 6) is 0.721. The molecule has 1 N–H and O–H groups in total. The summed E-state index contributed by atoms with van der Waals surface area (Å²) < 4.78 is 0. The minimum absolute atomic E-state index is 0.356. The molecule has 1 aliphatic heterocycles. The summed E-state index contributed by atoms with van der Waals surface area (Å²) in [6, 6.07) is 0.816. The van der Waals surface area contributed by atoms with E-state index in [1.165, 1.54) is 51.5 Å². The molecule has 0 spiro atoms. The van der Waals surface area contributed by atoms with Crippen molar-refractivity contribution in [3.05, 3.63) is 0 Å². The van der Waals surface area contributed by atoms with E-state index >= 15 is 0 Å². The molecule has 1 saturated carbocycles. The van der Waals surface area contributed by atoms with E-state index in [1.807, 2.05) is 0 Å². The molecule has 0 aromatic carbocycles. The molecular weight excluding hydrogens is 210 g/mol. The smallest absolute Gasteiger partial charge is 0.0434 e. The quantitative estimate of drug-likeness (QED) is 0.765. The van der Waals surface area contributed by atoms with Crippen molar-refractivity contribution < 1.29 is 5.11 Å². The third kappa shape index (κ3) is 3.23. The normalized spacial score (nSPS) is 31.6. The molecule has 2 nitrogen and oxygen atoms in total. The molecule has 1 unspecified atom stereocenters. The van der Waals surface area contributed by atoms with Crippen LogP contribution in [0.15, 0.2) is 0 Å². The fourth-order valence-electron chi connectivity index (χ4n) is 4.00. The van der Waals surface area contributed by atoms with E-state index in [4.69, 9.17) is 5.11 Å². The van der Waals surface area contributed by atoms with Crippen LogP contribution in [0, 0.1) is 5.92 Å². The minimum atomic E-state index is 0.356. The Balaban J connectivity index is 1.98. The van der Waals surface area contributed by atoms with E-state index in [9.17, 15) is 0 Å². The van der Waals surface area contributed by atoms with Crippen LogP contribution in [0.4, 0.5) is 0 Å².